The number of aryl methyl sites for hydroxylation is 1. The molecule has 1 aliphatic carbocycles. The molecule has 5 nitrogen and oxygen atoms in total. The van der Waals surface area contributed by atoms with Gasteiger partial charge in [0, 0.05) is 23.5 Å². The molecule has 1 saturated carbocycles. The Hall–Kier alpha value is -2.69. The van der Waals surface area contributed by atoms with Crippen molar-refractivity contribution in [3.8, 4) is 0 Å². The van der Waals surface area contributed by atoms with E-state index in [9.17, 15) is 9.59 Å². The first-order valence-electron chi connectivity index (χ1n) is 9.83. The first-order valence-corrected chi connectivity index (χ1v) is 9.83. The van der Waals surface area contributed by atoms with Gasteiger partial charge in [-0.05, 0) is 43.0 Å². The number of anilines is 1. The van der Waals surface area contributed by atoms with Gasteiger partial charge in [0.1, 0.15) is 5.69 Å². The Balaban J connectivity index is 1.68. The molecule has 0 atom stereocenters. The number of rotatable bonds is 5. The summed E-state index contributed by atoms with van der Waals surface area (Å²) < 4.78 is 0. The van der Waals surface area contributed by atoms with Crippen molar-refractivity contribution >= 4 is 17.5 Å². The highest BCUT2D eigenvalue weighted by molar-refractivity contribution is 6.06. The molecule has 142 valence electrons. The molecule has 2 N–H and O–H groups in total. The Kier molecular flexibility index (Phi) is 6.58. The molecule has 3 rings (SSSR count). The summed E-state index contributed by atoms with van der Waals surface area (Å²) in [6.45, 7) is 2.05. The zero-order chi connectivity index (χ0) is 19.1. The summed E-state index contributed by atoms with van der Waals surface area (Å²) in [5, 5.41) is 6.01. The zero-order valence-corrected chi connectivity index (χ0v) is 15.8. The largest absolute Gasteiger partial charge is 0.348 e. The van der Waals surface area contributed by atoms with Crippen molar-refractivity contribution in [1.82, 2.24) is 10.3 Å². The number of hydrogen-bond acceptors (Lipinski definition) is 3. The van der Waals surface area contributed by atoms with Crippen LogP contribution in [0.4, 0.5) is 5.69 Å². The maximum absolute atomic E-state index is 12.6. The van der Waals surface area contributed by atoms with Crippen molar-refractivity contribution in [3.05, 3.63) is 59.4 Å². The number of nitrogens with one attached hydrogen (secondary N) is 2. The minimum Gasteiger partial charge on any atom is -0.348 e. The molecular formula is C22H27N3O2. The first-order chi connectivity index (χ1) is 13.2. The van der Waals surface area contributed by atoms with E-state index in [1.807, 2.05) is 31.2 Å². The second kappa shape index (κ2) is 9.31. The first kappa shape index (κ1) is 19.1. The number of carbonyl (C=O) groups excluding carboxylic acids is 2. The lowest BCUT2D eigenvalue weighted by Crippen LogP contribution is -2.35. The molecule has 1 fully saturated rings. The highest BCUT2D eigenvalue weighted by Crippen LogP contribution is 2.18. The average Bonchev–Trinajstić information content (AvgIpc) is 2.97. The molecule has 1 heterocycles. The molecule has 0 spiro atoms. The number of hydrogen-bond donors (Lipinski definition) is 2. The molecule has 1 aliphatic rings. The molecule has 27 heavy (non-hydrogen) atoms. The minimum atomic E-state index is -0.234. The van der Waals surface area contributed by atoms with Crippen LogP contribution >= 0.6 is 0 Å². The van der Waals surface area contributed by atoms with Crippen molar-refractivity contribution in [2.45, 2.75) is 57.9 Å². The third-order valence-corrected chi connectivity index (χ3v) is 5.09. The van der Waals surface area contributed by atoms with Gasteiger partial charge in [0.05, 0.1) is 0 Å². The molecule has 2 amide bonds. The number of pyridine rings is 1. The van der Waals surface area contributed by atoms with Gasteiger partial charge in [0.15, 0.2) is 0 Å². The third-order valence-electron chi connectivity index (χ3n) is 5.09. The Bertz CT molecular complexity index is 796. The summed E-state index contributed by atoms with van der Waals surface area (Å²) in [6, 6.07) is 11.1. The lowest BCUT2D eigenvalue weighted by molar-refractivity contribution is 0.0928. The Morgan fingerprint density at radius 2 is 1.78 bits per heavy atom. The lowest BCUT2D eigenvalue weighted by atomic mass is 10.1. The number of aromatic nitrogens is 1. The van der Waals surface area contributed by atoms with Crippen molar-refractivity contribution < 1.29 is 9.59 Å². The van der Waals surface area contributed by atoms with Crippen LogP contribution in [-0.2, 0) is 6.42 Å². The Morgan fingerprint density at radius 3 is 2.52 bits per heavy atom. The van der Waals surface area contributed by atoms with E-state index in [-0.39, 0.29) is 23.6 Å². The van der Waals surface area contributed by atoms with Crippen LogP contribution in [0.15, 0.2) is 42.6 Å². The monoisotopic (exact) mass is 365 g/mol. The van der Waals surface area contributed by atoms with E-state index in [0.717, 1.165) is 43.4 Å². The number of nitrogens with zero attached hydrogens (tertiary/aromatic N) is 1. The SMILES string of the molecule is CCc1ccccc1NC(=O)c1ccnc(C(=O)NC2CCCCCC2)c1. The topological polar surface area (TPSA) is 71.1 Å². The van der Waals surface area contributed by atoms with Gasteiger partial charge in [-0.2, -0.15) is 0 Å². The van der Waals surface area contributed by atoms with Crippen LogP contribution in [0, 0.1) is 0 Å². The van der Waals surface area contributed by atoms with E-state index < -0.39 is 0 Å². The maximum Gasteiger partial charge on any atom is 0.270 e. The summed E-state index contributed by atoms with van der Waals surface area (Å²) in [6.07, 6.45) is 9.15. The Labute approximate surface area is 160 Å². The van der Waals surface area contributed by atoms with Gasteiger partial charge in [-0.25, -0.2) is 0 Å². The van der Waals surface area contributed by atoms with E-state index in [1.54, 1.807) is 12.1 Å². The second-order valence-electron chi connectivity index (χ2n) is 7.06. The van der Waals surface area contributed by atoms with Crippen LogP contribution in [0.1, 0.15) is 71.9 Å². The summed E-state index contributed by atoms with van der Waals surface area (Å²) in [5.74, 6) is -0.438. The average molecular weight is 365 g/mol. The van der Waals surface area contributed by atoms with E-state index in [4.69, 9.17) is 0 Å². The smallest absolute Gasteiger partial charge is 0.270 e. The zero-order valence-electron chi connectivity index (χ0n) is 15.8. The fourth-order valence-electron chi connectivity index (χ4n) is 3.52. The quantitative estimate of drug-likeness (QED) is 0.774. The lowest BCUT2D eigenvalue weighted by Gasteiger charge is -2.16. The fourth-order valence-corrected chi connectivity index (χ4v) is 3.52. The predicted octanol–water partition coefficient (Wildman–Crippen LogP) is 4.35. The van der Waals surface area contributed by atoms with Crippen molar-refractivity contribution in [3.63, 3.8) is 0 Å². The second-order valence-corrected chi connectivity index (χ2v) is 7.06. The molecule has 1 aromatic heterocycles. The van der Waals surface area contributed by atoms with Gasteiger partial charge in [-0.1, -0.05) is 50.8 Å². The summed E-state index contributed by atoms with van der Waals surface area (Å²) in [5.41, 5.74) is 2.59. The minimum absolute atomic E-state index is 0.203. The molecule has 5 heteroatoms. The van der Waals surface area contributed by atoms with Crippen LogP contribution in [0.25, 0.3) is 0 Å². The van der Waals surface area contributed by atoms with Crippen molar-refractivity contribution in [2.24, 2.45) is 0 Å². The van der Waals surface area contributed by atoms with Gasteiger partial charge in [-0.15, -0.1) is 0 Å². The number of para-hydroxylation sites is 1. The number of amides is 2. The highest BCUT2D eigenvalue weighted by atomic mass is 16.2. The molecule has 0 unspecified atom stereocenters. The number of carbonyl (C=O) groups is 2. The molecule has 0 radical (unpaired) electrons. The molecule has 2 aromatic rings. The van der Waals surface area contributed by atoms with Crippen LogP contribution < -0.4 is 10.6 Å². The summed E-state index contributed by atoms with van der Waals surface area (Å²) in [4.78, 5) is 29.3. The highest BCUT2D eigenvalue weighted by Gasteiger charge is 2.18. The van der Waals surface area contributed by atoms with Gasteiger partial charge < -0.3 is 10.6 Å². The van der Waals surface area contributed by atoms with E-state index in [2.05, 4.69) is 15.6 Å². The van der Waals surface area contributed by atoms with Crippen molar-refractivity contribution in [2.75, 3.05) is 5.32 Å². The van der Waals surface area contributed by atoms with E-state index >= 15 is 0 Å². The molecule has 1 aromatic carbocycles. The van der Waals surface area contributed by atoms with E-state index in [1.165, 1.54) is 19.0 Å². The maximum atomic E-state index is 12.6. The van der Waals surface area contributed by atoms with Gasteiger partial charge in [0.2, 0.25) is 0 Å². The van der Waals surface area contributed by atoms with Gasteiger partial charge >= 0.3 is 0 Å². The summed E-state index contributed by atoms with van der Waals surface area (Å²) >= 11 is 0. The van der Waals surface area contributed by atoms with Gasteiger partial charge in [0.25, 0.3) is 11.8 Å². The molecule has 0 aliphatic heterocycles. The van der Waals surface area contributed by atoms with Gasteiger partial charge in [-0.3, -0.25) is 14.6 Å². The van der Waals surface area contributed by atoms with Crippen LogP contribution in [0.3, 0.4) is 0 Å². The Morgan fingerprint density at radius 1 is 1.04 bits per heavy atom. The fraction of sp³-hybridized carbons (Fsp3) is 0.409. The predicted molar refractivity (Wildman–Crippen MR) is 107 cm³/mol. The normalized spacial score (nSPS) is 15.0. The van der Waals surface area contributed by atoms with Crippen LogP contribution in [0.2, 0.25) is 0 Å². The third kappa shape index (κ3) is 5.16. The van der Waals surface area contributed by atoms with E-state index in [0.29, 0.717) is 5.56 Å². The standard InChI is InChI=1S/C22H27N3O2/c1-2-16-9-7-8-12-19(16)25-21(26)17-13-14-23-20(15-17)22(27)24-18-10-5-3-4-6-11-18/h7-9,12-15,18H,2-6,10-11H2,1H3,(H,24,27)(H,25,26). The summed E-state index contributed by atoms with van der Waals surface area (Å²) in [7, 11) is 0. The molecule has 0 bridgehead atoms. The molecular weight excluding hydrogens is 338 g/mol. The van der Waals surface area contributed by atoms with Crippen LogP contribution in [0.5, 0.6) is 0 Å². The number of benzene rings is 1. The molecule has 0 saturated heterocycles. The van der Waals surface area contributed by atoms with Crippen molar-refractivity contribution in [1.29, 1.82) is 0 Å². The van der Waals surface area contributed by atoms with Crippen LogP contribution in [-0.4, -0.2) is 22.8 Å².